The molecule has 0 saturated heterocycles. The second kappa shape index (κ2) is 14.1. The number of carbonyl (C=O) groups excluding carboxylic acids is 2. The highest BCUT2D eigenvalue weighted by Gasteiger charge is 2.33. The molecular formula is C27H39O4P. The Hall–Kier alpha value is -2.19. The molecule has 3 atom stereocenters. The van der Waals surface area contributed by atoms with E-state index < -0.39 is 11.9 Å². The lowest BCUT2D eigenvalue weighted by molar-refractivity contribution is -0.145. The Morgan fingerprint density at radius 3 is 2.12 bits per heavy atom. The van der Waals surface area contributed by atoms with Crippen LogP contribution in [0.15, 0.2) is 36.4 Å². The van der Waals surface area contributed by atoms with Crippen LogP contribution in [0.3, 0.4) is 0 Å². The van der Waals surface area contributed by atoms with Crippen LogP contribution in [0.1, 0.15) is 83.6 Å². The summed E-state index contributed by atoms with van der Waals surface area (Å²) in [6.07, 6.45) is 4.26. The van der Waals surface area contributed by atoms with Crippen LogP contribution in [0.4, 0.5) is 0 Å². The summed E-state index contributed by atoms with van der Waals surface area (Å²) in [7, 11) is 0.611. The fourth-order valence-electron chi connectivity index (χ4n) is 4.03. The lowest BCUT2D eigenvalue weighted by Gasteiger charge is -2.21. The topological polar surface area (TPSA) is 60.4 Å². The molecule has 0 aliphatic carbocycles. The highest BCUT2D eigenvalue weighted by molar-refractivity contribution is 7.00. The number of unbranched alkanes of at least 4 members (excludes halogenated alkanes) is 1. The van der Waals surface area contributed by atoms with Crippen LogP contribution >= 0.6 is 9.12 Å². The van der Waals surface area contributed by atoms with Gasteiger partial charge in [-0.2, -0.15) is 0 Å². The van der Waals surface area contributed by atoms with Crippen molar-refractivity contribution in [3.8, 4) is 0 Å². The molecule has 4 nitrogen and oxygen atoms in total. The maximum Gasteiger partial charge on any atom is 0.321 e. The monoisotopic (exact) mass is 458 g/mol. The summed E-state index contributed by atoms with van der Waals surface area (Å²) >= 11 is 0. The number of esters is 1. The number of carbonyl (C=O) groups is 2. The average Bonchev–Trinajstić information content (AvgIpc) is 2.80. The van der Waals surface area contributed by atoms with Crippen molar-refractivity contribution in [3.05, 3.63) is 69.8 Å². The van der Waals surface area contributed by atoms with Crippen molar-refractivity contribution in [1.82, 2.24) is 0 Å². The second-order valence-electron chi connectivity index (χ2n) is 8.39. The Morgan fingerprint density at radius 1 is 0.938 bits per heavy atom. The van der Waals surface area contributed by atoms with Crippen molar-refractivity contribution in [3.63, 3.8) is 0 Å². The molecule has 0 saturated carbocycles. The molecule has 0 heterocycles. The van der Waals surface area contributed by atoms with Gasteiger partial charge in [0.15, 0.2) is 5.78 Å². The minimum atomic E-state index is -0.936. The smallest absolute Gasteiger partial charge is 0.321 e. The Morgan fingerprint density at radius 2 is 1.56 bits per heavy atom. The molecule has 0 spiro atoms. The summed E-state index contributed by atoms with van der Waals surface area (Å²) in [4.78, 5) is 26.9. The normalized spacial score (nSPS) is 12.4. The van der Waals surface area contributed by atoms with Crippen molar-refractivity contribution in [2.24, 2.45) is 5.92 Å². The van der Waals surface area contributed by atoms with Gasteiger partial charge in [-0.05, 0) is 67.9 Å². The van der Waals surface area contributed by atoms with E-state index in [1.165, 1.54) is 0 Å². The van der Waals surface area contributed by atoms with Crippen LogP contribution in [0.2, 0.25) is 0 Å². The Kier molecular flexibility index (Phi) is 12.2. The summed E-state index contributed by atoms with van der Waals surface area (Å²) in [6.45, 7) is 12.6. The molecule has 2 aromatic rings. The largest absolute Gasteiger partial charge is 0.465 e. The lowest BCUT2D eigenvalue weighted by atomic mass is 9.84. The van der Waals surface area contributed by atoms with Crippen LogP contribution in [0, 0.1) is 33.6 Å². The molecule has 32 heavy (non-hydrogen) atoms. The number of ketones is 1. The molecule has 0 bridgehead atoms. The van der Waals surface area contributed by atoms with Crippen LogP contribution in [0.5, 0.6) is 0 Å². The minimum Gasteiger partial charge on any atom is -0.465 e. The lowest BCUT2D eigenvalue weighted by Crippen LogP contribution is -2.27. The summed E-state index contributed by atoms with van der Waals surface area (Å²) in [5.41, 5.74) is 5.43. The molecule has 0 aliphatic heterocycles. The van der Waals surface area contributed by atoms with Crippen molar-refractivity contribution >= 4 is 20.9 Å². The predicted molar refractivity (Wildman–Crippen MR) is 135 cm³/mol. The first kappa shape index (κ1) is 27.8. The van der Waals surface area contributed by atoms with E-state index in [4.69, 9.17) is 9.30 Å². The van der Waals surface area contributed by atoms with Gasteiger partial charge >= 0.3 is 5.97 Å². The third kappa shape index (κ3) is 7.17. The van der Waals surface area contributed by atoms with E-state index >= 15 is 0 Å². The van der Waals surface area contributed by atoms with Crippen LogP contribution in [-0.4, -0.2) is 18.4 Å². The van der Waals surface area contributed by atoms with Crippen LogP contribution in [-0.2, 0) is 14.1 Å². The van der Waals surface area contributed by atoms with E-state index in [0.29, 0.717) is 32.8 Å². The molecule has 176 valence electrons. The van der Waals surface area contributed by atoms with Gasteiger partial charge in [0.1, 0.15) is 5.92 Å². The Balaban J connectivity index is 0.00000249. The first-order valence-electron chi connectivity index (χ1n) is 11.4. The summed E-state index contributed by atoms with van der Waals surface area (Å²) in [6, 6.07) is 11.3. The zero-order valence-electron chi connectivity index (χ0n) is 20.5. The van der Waals surface area contributed by atoms with Gasteiger partial charge < -0.3 is 9.30 Å². The standard InChI is InChI=1S/C27H36O3.H3OP/c1-7-9-13-22(8-2)17-30-27(29)25(23-14-11-10-12-15-23)26(28)24-19(4)16-18(3)20(5)21(24)6;1-2/h10-12,14-16,22,25H,7-9,13,17H2,1-6H3;2H3. The van der Waals surface area contributed by atoms with E-state index in [-0.39, 0.29) is 5.78 Å². The molecule has 0 amide bonds. The predicted octanol–water partition coefficient (Wildman–Crippen LogP) is 6.59. The summed E-state index contributed by atoms with van der Waals surface area (Å²) < 4.78 is 14.0. The Labute approximate surface area is 195 Å². The molecule has 2 aromatic carbocycles. The van der Waals surface area contributed by atoms with Crippen molar-refractivity contribution in [2.75, 3.05) is 6.61 Å². The molecule has 2 rings (SSSR count). The first-order chi connectivity index (χ1) is 15.3. The van der Waals surface area contributed by atoms with E-state index in [1.54, 1.807) is 0 Å². The van der Waals surface area contributed by atoms with Gasteiger partial charge in [0, 0.05) is 5.56 Å². The number of ether oxygens (including phenoxy) is 1. The first-order valence-corrected chi connectivity index (χ1v) is 12.0. The highest BCUT2D eigenvalue weighted by atomic mass is 31.0. The summed E-state index contributed by atoms with van der Waals surface area (Å²) in [5, 5.41) is 0. The van der Waals surface area contributed by atoms with E-state index in [2.05, 4.69) is 13.8 Å². The number of aryl methyl sites for hydroxylation is 2. The van der Waals surface area contributed by atoms with Gasteiger partial charge in [0.25, 0.3) is 0 Å². The van der Waals surface area contributed by atoms with E-state index in [0.717, 1.165) is 47.9 Å². The number of hydrogen-bond donors (Lipinski definition) is 0. The van der Waals surface area contributed by atoms with E-state index in [9.17, 15) is 9.59 Å². The number of rotatable bonds is 10. The summed E-state index contributed by atoms with van der Waals surface area (Å²) in [5.74, 6) is -1.22. The molecule has 0 fully saturated rings. The van der Waals surface area contributed by atoms with E-state index in [1.807, 2.05) is 64.1 Å². The van der Waals surface area contributed by atoms with Crippen molar-refractivity contribution in [2.45, 2.75) is 73.1 Å². The quantitative estimate of drug-likeness (QED) is 0.174. The highest BCUT2D eigenvalue weighted by Crippen LogP contribution is 2.29. The fraction of sp³-hybridized carbons (Fsp3) is 0.481. The molecule has 0 radical (unpaired) electrons. The van der Waals surface area contributed by atoms with Gasteiger partial charge in [-0.15, -0.1) is 0 Å². The maximum atomic E-state index is 13.7. The number of hydrogen-bond acceptors (Lipinski definition) is 4. The van der Waals surface area contributed by atoms with Crippen LogP contribution < -0.4 is 0 Å². The second-order valence-corrected chi connectivity index (χ2v) is 8.39. The maximum absolute atomic E-state index is 13.7. The third-order valence-corrected chi connectivity index (χ3v) is 6.24. The van der Waals surface area contributed by atoms with Gasteiger partial charge in [0.05, 0.1) is 15.7 Å². The minimum absolute atomic E-state index is 0.175. The van der Waals surface area contributed by atoms with Gasteiger partial charge in [0.2, 0.25) is 0 Å². The van der Waals surface area contributed by atoms with Crippen molar-refractivity contribution < 1.29 is 18.9 Å². The molecule has 0 aliphatic rings. The molecular weight excluding hydrogens is 419 g/mol. The van der Waals surface area contributed by atoms with Gasteiger partial charge in [-0.3, -0.25) is 9.59 Å². The average molecular weight is 459 g/mol. The molecule has 5 heteroatoms. The third-order valence-electron chi connectivity index (χ3n) is 6.24. The molecule has 0 aromatic heterocycles. The number of benzene rings is 2. The van der Waals surface area contributed by atoms with Crippen LogP contribution in [0.25, 0.3) is 0 Å². The number of Topliss-reactive ketones (excluding diaryl/α,β-unsaturated/α-hetero) is 1. The zero-order chi connectivity index (χ0) is 24.3. The molecule has 3 unspecified atom stereocenters. The fourth-order valence-corrected chi connectivity index (χ4v) is 4.03. The zero-order valence-corrected chi connectivity index (χ0v) is 21.9. The van der Waals surface area contributed by atoms with Gasteiger partial charge in [-0.1, -0.05) is 69.5 Å². The molecule has 0 N–H and O–H groups in total. The Bertz CT molecular complexity index is 892. The van der Waals surface area contributed by atoms with Gasteiger partial charge in [-0.25, -0.2) is 0 Å². The SMILES string of the molecule is CCCCC(CC)COC(=O)C(C(=O)c1c(C)cc(C)c(C)c1C)c1ccccc1.O=[PH3]. The van der Waals surface area contributed by atoms with Crippen molar-refractivity contribution in [1.29, 1.82) is 0 Å².